The van der Waals surface area contributed by atoms with Gasteiger partial charge in [0, 0.05) is 12.3 Å². The third-order valence-corrected chi connectivity index (χ3v) is 5.88. The van der Waals surface area contributed by atoms with Crippen molar-refractivity contribution in [2.45, 2.75) is 57.3 Å². The number of hydrogen-bond acceptors (Lipinski definition) is 4. The van der Waals surface area contributed by atoms with Gasteiger partial charge in [0.05, 0.1) is 0 Å². The molecule has 3 rings (SSSR count). The van der Waals surface area contributed by atoms with Crippen LogP contribution >= 0.6 is 11.3 Å². The van der Waals surface area contributed by atoms with E-state index in [2.05, 4.69) is 10.2 Å². The second kappa shape index (κ2) is 5.66. The van der Waals surface area contributed by atoms with E-state index in [4.69, 9.17) is 5.73 Å². The molecular formula is C14H23N3S. The molecule has 2 aliphatic carbocycles. The molecule has 0 aliphatic heterocycles. The lowest BCUT2D eigenvalue weighted by molar-refractivity contribution is 0.155. The lowest BCUT2D eigenvalue weighted by Gasteiger charge is -2.38. The highest BCUT2D eigenvalue weighted by Crippen LogP contribution is 2.46. The van der Waals surface area contributed by atoms with Crippen LogP contribution in [0.1, 0.15) is 60.9 Å². The van der Waals surface area contributed by atoms with Crippen LogP contribution in [0.4, 0.5) is 0 Å². The largest absolute Gasteiger partial charge is 0.330 e. The summed E-state index contributed by atoms with van der Waals surface area (Å²) in [6.07, 6.45) is 10.8. The Hall–Kier alpha value is -0.480. The van der Waals surface area contributed by atoms with Gasteiger partial charge in [-0.25, -0.2) is 0 Å². The van der Waals surface area contributed by atoms with Crippen LogP contribution in [-0.2, 0) is 6.42 Å². The van der Waals surface area contributed by atoms with E-state index >= 15 is 0 Å². The van der Waals surface area contributed by atoms with Gasteiger partial charge in [0.2, 0.25) is 0 Å². The molecule has 0 saturated heterocycles. The van der Waals surface area contributed by atoms with Gasteiger partial charge in [-0.3, -0.25) is 0 Å². The van der Waals surface area contributed by atoms with Crippen molar-refractivity contribution in [2.24, 2.45) is 17.6 Å². The Morgan fingerprint density at radius 2 is 1.89 bits per heavy atom. The average Bonchev–Trinajstić information content (AvgIpc) is 2.87. The van der Waals surface area contributed by atoms with E-state index in [1.807, 2.05) is 0 Å². The molecule has 3 nitrogen and oxygen atoms in total. The van der Waals surface area contributed by atoms with Crippen LogP contribution in [-0.4, -0.2) is 16.7 Å². The molecule has 3 unspecified atom stereocenters. The maximum absolute atomic E-state index is 5.57. The molecule has 1 aromatic rings. The highest BCUT2D eigenvalue weighted by atomic mass is 32.1. The topological polar surface area (TPSA) is 51.8 Å². The van der Waals surface area contributed by atoms with Crippen LogP contribution in [0.15, 0.2) is 0 Å². The molecule has 1 aromatic heterocycles. The second-order valence-corrected chi connectivity index (χ2v) is 6.98. The molecule has 2 fully saturated rings. The summed E-state index contributed by atoms with van der Waals surface area (Å²) in [5.41, 5.74) is 5.57. The summed E-state index contributed by atoms with van der Waals surface area (Å²) in [7, 11) is 0. The summed E-state index contributed by atoms with van der Waals surface area (Å²) >= 11 is 1.80. The predicted octanol–water partition coefficient (Wildman–Crippen LogP) is 3.11. The minimum Gasteiger partial charge on any atom is -0.330 e. The number of aromatic nitrogens is 2. The number of hydrogen-bond donors (Lipinski definition) is 1. The molecule has 3 atom stereocenters. The Labute approximate surface area is 113 Å². The fourth-order valence-electron chi connectivity index (χ4n) is 3.75. The van der Waals surface area contributed by atoms with Crippen LogP contribution in [0.2, 0.25) is 0 Å². The molecule has 0 amide bonds. The molecule has 0 radical (unpaired) electrons. The van der Waals surface area contributed by atoms with Crippen LogP contribution < -0.4 is 5.73 Å². The van der Waals surface area contributed by atoms with E-state index in [1.54, 1.807) is 11.3 Å². The Morgan fingerprint density at radius 3 is 2.72 bits per heavy atom. The van der Waals surface area contributed by atoms with Crippen molar-refractivity contribution in [3.63, 3.8) is 0 Å². The molecule has 0 bridgehead atoms. The van der Waals surface area contributed by atoms with Crippen molar-refractivity contribution in [3.8, 4) is 0 Å². The Bertz CT molecular complexity index is 390. The lowest BCUT2D eigenvalue weighted by Crippen LogP contribution is -2.26. The zero-order valence-corrected chi connectivity index (χ0v) is 11.8. The highest BCUT2D eigenvalue weighted by molar-refractivity contribution is 7.11. The maximum Gasteiger partial charge on any atom is 0.120 e. The Balaban J connectivity index is 1.65. The van der Waals surface area contributed by atoms with Crippen molar-refractivity contribution in [2.75, 3.05) is 6.54 Å². The third-order valence-electron chi connectivity index (χ3n) is 4.73. The molecule has 4 heteroatoms. The number of nitrogens with two attached hydrogens (primary N) is 1. The first-order valence-electron chi connectivity index (χ1n) is 7.39. The smallest absolute Gasteiger partial charge is 0.120 e. The fourth-order valence-corrected chi connectivity index (χ4v) is 4.76. The van der Waals surface area contributed by atoms with Crippen LogP contribution in [0, 0.1) is 11.8 Å². The van der Waals surface area contributed by atoms with Gasteiger partial charge in [-0.05, 0) is 37.6 Å². The van der Waals surface area contributed by atoms with Gasteiger partial charge in [-0.1, -0.05) is 25.7 Å². The molecule has 0 aromatic carbocycles. The van der Waals surface area contributed by atoms with Gasteiger partial charge in [0.15, 0.2) is 0 Å². The number of fused-ring (bicyclic) bond motifs is 1. The second-order valence-electron chi connectivity index (χ2n) is 5.89. The molecular weight excluding hydrogens is 242 g/mol. The molecule has 100 valence electrons. The summed E-state index contributed by atoms with van der Waals surface area (Å²) < 4.78 is 0. The van der Waals surface area contributed by atoms with Gasteiger partial charge in [-0.15, -0.1) is 21.5 Å². The average molecular weight is 265 g/mol. The maximum atomic E-state index is 5.57. The molecule has 18 heavy (non-hydrogen) atoms. The van der Waals surface area contributed by atoms with E-state index in [1.165, 1.54) is 50.0 Å². The summed E-state index contributed by atoms with van der Waals surface area (Å²) in [5, 5.41) is 11.1. The standard InChI is InChI=1S/C14H23N3S/c15-8-7-13-16-17-14(18-13)12-6-5-10-3-1-2-4-11(10)9-12/h10-12H,1-9,15H2. The van der Waals surface area contributed by atoms with E-state index in [9.17, 15) is 0 Å². The van der Waals surface area contributed by atoms with Crippen molar-refractivity contribution in [1.82, 2.24) is 10.2 Å². The third kappa shape index (κ3) is 2.59. The summed E-state index contributed by atoms with van der Waals surface area (Å²) in [6, 6.07) is 0. The molecule has 2 N–H and O–H groups in total. The molecule has 1 heterocycles. The monoisotopic (exact) mass is 265 g/mol. The SMILES string of the molecule is NCCc1nnc(C2CCC3CCCCC3C2)s1. The fraction of sp³-hybridized carbons (Fsp3) is 0.857. The highest BCUT2D eigenvalue weighted by Gasteiger charge is 2.33. The number of rotatable bonds is 3. The van der Waals surface area contributed by atoms with Gasteiger partial charge < -0.3 is 5.73 Å². The Morgan fingerprint density at radius 1 is 1.06 bits per heavy atom. The van der Waals surface area contributed by atoms with Crippen LogP contribution in [0.3, 0.4) is 0 Å². The molecule has 0 spiro atoms. The summed E-state index contributed by atoms with van der Waals surface area (Å²) in [6.45, 7) is 0.685. The zero-order valence-electron chi connectivity index (χ0n) is 11.0. The van der Waals surface area contributed by atoms with Gasteiger partial charge in [0.1, 0.15) is 10.0 Å². The van der Waals surface area contributed by atoms with E-state index in [0.29, 0.717) is 12.5 Å². The molecule has 2 aliphatic rings. The predicted molar refractivity (Wildman–Crippen MR) is 74.7 cm³/mol. The van der Waals surface area contributed by atoms with Crippen LogP contribution in [0.25, 0.3) is 0 Å². The van der Waals surface area contributed by atoms with E-state index < -0.39 is 0 Å². The van der Waals surface area contributed by atoms with Crippen molar-refractivity contribution in [1.29, 1.82) is 0 Å². The summed E-state index contributed by atoms with van der Waals surface area (Å²) in [4.78, 5) is 0. The van der Waals surface area contributed by atoms with Crippen molar-refractivity contribution in [3.05, 3.63) is 10.0 Å². The minimum atomic E-state index is 0.685. The number of nitrogens with zero attached hydrogens (tertiary/aromatic N) is 2. The van der Waals surface area contributed by atoms with Crippen molar-refractivity contribution >= 4 is 11.3 Å². The first-order chi connectivity index (χ1) is 8.86. The quantitative estimate of drug-likeness (QED) is 0.913. The van der Waals surface area contributed by atoms with Gasteiger partial charge in [-0.2, -0.15) is 0 Å². The van der Waals surface area contributed by atoms with Gasteiger partial charge in [0.25, 0.3) is 0 Å². The first-order valence-corrected chi connectivity index (χ1v) is 8.21. The lowest BCUT2D eigenvalue weighted by atomic mass is 9.68. The van der Waals surface area contributed by atoms with Gasteiger partial charge >= 0.3 is 0 Å². The van der Waals surface area contributed by atoms with E-state index in [-0.39, 0.29) is 0 Å². The zero-order chi connectivity index (χ0) is 12.4. The minimum absolute atomic E-state index is 0.685. The molecule has 2 saturated carbocycles. The normalized spacial score (nSPS) is 32.2. The first kappa shape index (κ1) is 12.5. The summed E-state index contributed by atoms with van der Waals surface area (Å²) in [5.74, 6) is 2.68. The van der Waals surface area contributed by atoms with E-state index in [0.717, 1.165) is 23.3 Å². The van der Waals surface area contributed by atoms with Crippen LogP contribution in [0.5, 0.6) is 0 Å². The van der Waals surface area contributed by atoms with Crippen molar-refractivity contribution < 1.29 is 0 Å². The Kier molecular flexibility index (Phi) is 3.94.